The van der Waals surface area contributed by atoms with Crippen LogP contribution in [0.4, 0.5) is 0 Å². The lowest BCUT2D eigenvalue weighted by molar-refractivity contribution is 0.134. The molecule has 0 aromatic heterocycles. The monoisotopic (exact) mass is 310 g/mol. The Morgan fingerprint density at radius 3 is 1.25 bits per heavy atom. The zero-order valence-electron chi connectivity index (χ0n) is 9.86. The number of nitrogens with zero attached hydrogens (tertiary/aromatic N) is 2. The van der Waals surface area contributed by atoms with E-state index in [4.69, 9.17) is 23.2 Å². The largest absolute Gasteiger partial charge is 0.299 e. The molecule has 1 fully saturated rings. The summed E-state index contributed by atoms with van der Waals surface area (Å²) in [5.41, 5.74) is 0. The standard InChI is InChI=1S/C10H20Cl2N2.2ClH/c1-9(11)7-13-3-5-14(6-4-13)8-10(2)12;;/h9-10H,3-8H2,1-2H3;2*1H. The van der Waals surface area contributed by atoms with Gasteiger partial charge in [-0.3, -0.25) is 9.80 Å². The van der Waals surface area contributed by atoms with Crippen molar-refractivity contribution in [1.29, 1.82) is 0 Å². The van der Waals surface area contributed by atoms with Crippen LogP contribution in [0.15, 0.2) is 0 Å². The molecule has 1 rings (SSSR count). The minimum absolute atomic E-state index is 0. The number of piperazine rings is 1. The third-order valence-corrected chi connectivity index (χ3v) is 2.76. The van der Waals surface area contributed by atoms with E-state index in [9.17, 15) is 0 Å². The lowest BCUT2D eigenvalue weighted by Crippen LogP contribution is -2.48. The Morgan fingerprint density at radius 2 is 1.06 bits per heavy atom. The van der Waals surface area contributed by atoms with Crippen molar-refractivity contribution in [2.75, 3.05) is 39.3 Å². The molecule has 0 saturated carbocycles. The Labute approximate surface area is 121 Å². The molecule has 1 aliphatic heterocycles. The summed E-state index contributed by atoms with van der Waals surface area (Å²) in [4.78, 5) is 4.85. The van der Waals surface area contributed by atoms with Crippen LogP contribution in [0, 0.1) is 0 Å². The summed E-state index contributed by atoms with van der Waals surface area (Å²) >= 11 is 11.9. The van der Waals surface area contributed by atoms with Crippen molar-refractivity contribution in [2.45, 2.75) is 24.6 Å². The van der Waals surface area contributed by atoms with Gasteiger partial charge in [-0.25, -0.2) is 0 Å². The average Bonchev–Trinajstić information content (AvgIpc) is 2.06. The fraction of sp³-hybridized carbons (Fsp3) is 1.00. The molecule has 0 aromatic carbocycles. The molecule has 0 aromatic rings. The molecule has 16 heavy (non-hydrogen) atoms. The maximum atomic E-state index is 5.96. The van der Waals surface area contributed by atoms with E-state index in [1.807, 2.05) is 0 Å². The molecule has 1 aliphatic rings. The summed E-state index contributed by atoms with van der Waals surface area (Å²) < 4.78 is 0. The molecule has 100 valence electrons. The Balaban J connectivity index is 0. The third-order valence-electron chi connectivity index (χ3n) is 2.48. The molecule has 0 N–H and O–H groups in total. The molecular formula is C10H22Cl4N2. The van der Waals surface area contributed by atoms with Gasteiger partial charge in [-0.1, -0.05) is 0 Å². The zero-order chi connectivity index (χ0) is 10.6. The van der Waals surface area contributed by atoms with Crippen LogP contribution in [-0.4, -0.2) is 59.8 Å². The first-order chi connectivity index (χ1) is 6.58. The van der Waals surface area contributed by atoms with Crippen molar-refractivity contribution < 1.29 is 0 Å². The highest BCUT2D eigenvalue weighted by Crippen LogP contribution is 2.07. The summed E-state index contributed by atoms with van der Waals surface area (Å²) in [5.74, 6) is 0. The second-order valence-electron chi connectivity index (χ2n) is 4.16. The third kappa shape index (κ3) is 8.21. The molecule has 0 amide bonds. The van der Waals surface area contributed by atoms with E-state index in [1.165, 1.54) is 0 Å². The number of hydrogen-bond acceptors (Lipinski definition) is 2. The van der Waals surface area contributed by atoms with Crippen molar-refractivity contribution in [3.05, 3.63) is 0 Å². The Kier molecular flexibility index (Phi) is 12.2. The predicted molar refractivity (Wildman–Crippen MR) is 78.0 cm³/mol. The fourth-order valence-electron chi connectivity index (χ4n) is 1.87. The first-order valence-electron chi connectivity index (χ1n) is 5.30. The Bertz CT molecular complexity index is 141. The van der Waals surface area contributed by atoms with Crippen LogP contribution in [0.5, 0.6) is 0 Å². The van der Waals surface area contributed by atoms with Crippen LogP contribution in [0.3, 0.4) is 0 Å². The molecule has 1 heterocycles. The lowest BCUT2D eigenvalue weighted by atomic mass is 10.3. The molecule has 2 atom stereocenters. The molecule has 0 radical (unpaired) electrons. The number of halogens is 4. The van der Waals surface area contributed by atoms with E-state index < -0.39 is 0 Å². The summed E-state index contributed by atoms with van der Waals surface area (Å²) in [6.07, 6.45) is 0. The molecule has 0 bridgehead atoms. The molecule has 0 spiro atoms. The van der Waals surface area contributed by atoms with Crippen molar-refractivity contribution in [2.24, 2.45) is 0 Å². The molecule has 2 unspecified atom stereocenters. The minimum atomic E-state index is 0. The topological polar surface area (TPSA) is 6.48 Å². The summed E-state index contributed by atoms with van der Waals surface area (Å²) in [6, 6.07) is 0. The molecule has 2 nitrogen and oxygen atoms in total. The van der Waals surface area contributed by atoms with E-state index in [2.05, 4.69) is 23.6 Å². The van der Waals surface area contributed by atoms with Crippen LogP contribution in [0.1, 0.15) is 13.8 Å². The number of rotatable bonds is 4. The smallest absolute Gasteiger partial charge is 0.0435 e. The van der Waals surface area contributed by atoms with E-state index in [0.29, 0.717) is 0 Å². The zero-order valence-corrected chi connectivity index (χ0v) is 13.0. The first-order valence-corrected chi connectivity index (χ1v) is 6.18. The van der Waals surface area contributed by atoms with E-state index in [1.54, 1.807) is 0 Å². The van der Waals surface area contributed by atoms with Gasteiger partial charge in [-0.15, -0.1) is 48.0 Å². The highest BCUT2D eigenvalue weighted by atomic mass is 35.5. The van der Waals surface area contributed by atoms with Crippen molar-refractivity contribution in [3.63, 3.8) is 0 Å². The maximum Gasteiger partial charge on any atom is 0.0435 e. The maximum absolute atomic E-state index is 5.96. The van der Waals surface area contributed by atoms with Gasteiger partial charge in [0, 0.05) is 50.0 Å². The van der Waals surface area contributed by atoms with Crippen molar-refractivity contribution in [3.8, 4) is 0 Å². The van der Waals surface area contributed by atoms with Gasteiger partial charge >= 0.3 is 0 Å². The van der Waals surface area contributed by atoms with Crippen molar-refractivity contribution >= 4 is 48.0 Å². The van der Waals surface area contributed by atoms with Crippen LogP contribution in [0.2, 0.25) is 0 Å². The first kappa shape index (κ1) is 19.4. The quantitative estimate of drug-likeness (QED) is 0.737. The van der Waals surface area contributed by atoms with Gasteiger partial charge in [0.25, 0.3) is 0 Å². The highest BCUT2D eigenvalue weighted by Gasteiger charge is 2.18. The van der Waals surface area contributed by atoms with Crippen LogP contribution < -0.4 is 0 Å². The van der Waals surface area contributed by atoms with Crippen LogP contribution >= 0.6 is 48.0 Å². The van der Waals surface area contributed by atoms with Crippen LogP contribution in [-0.2, 0) is 0 Å². The molecular weight excluding hydrogens is 290 g/mol. The minimum Gasteiger partial charge on any atom is -0.299 e. The van der Waals surface area contributed by atoms with Gasteiger partial charge in [-0.2, -0.15) is 0 Å². The van der Waals surface area contributed by atoms with Crippen LogP contribution in [0.25, 0.3) is 0 Å². The van der Waals surface area contributed by atoms with E-state index in [-0.39, 0.29) is 35.6 Å². The lowest BCUT2D eigenvalue weighted by Gasteiger charge is -2.35. The fourth-order valence-corrected chi connectivity index (χ4v) is 2.26. The predicted octanol–water partition coefficient (Wildman–Crippen LogP) is 2.70. The second-order valence-corrected chi connectivity index (χ2v) is 5.65. The average molecular weight is 312 g/mol. The van der Waals surface area contributed by atoms with Gasteiger partial charge in [0.2, 0.25) is 0 Å². The Hall–Kier alpha value is 1.08. The van der Waals surface area contributed by atoms with Gasteiger partial charge in [0.15, 0.2) is 0 Å². The van der Waals surface area contributed by atoms with Gasteiger partial charge < -0.3 is 0 Å². The molecule has 0 aliphatic carbocycles. The van der Waals surface area contributed by atoms with Gasteiger partial charge in [0.1, 0.15) is 0 Å². The van der Waals surface area contributed by atoms with Gasteiger partial charge in [-0.05, 0) is 13.8 Å². The van der Waals surface area contributed by atoms with E-state index in [0.717, 1.165) is 39.3 Å². The SMILES string of the molecule is CC(Cl)CN1CCN(CC(C)Cl)CC1.Cl.Cl. The van der Waals surface area contributed by atoms with Gasteiger partial charge in [0.05, 0.1) is 0 Å². The summed E-state index contributed by atoms with van der Waals surface area (Å²) in [5, 5.41) is 0.516. The molecule has 1 saturated heterocycles. The summed E-state index contributed by atoms with van der Waals surface area (Å²) in [6.45, 7) is 10.6. The normalized spacial score (nSPS) is 21.8. The number of hydrogen-bond donors (Lipinski definition) is 0. The highest BCUT2D eigenvalue weighted by molar-refractivity contribution is 6.20. The second kappa shape index (κ2) is 10.0. The molecule has 6 heteroatoms. The number of alkyl halides is 2. The Morgan fingerprint density at radius 1 is 0.812 bits per heavy atom. The van der Waals surface area contributed by atoms with E-state index >= 15 is 0 Å². The van der Waals surface area contributed by atoms with Crippen molar-refractivity contribution in [1.82, 2.24) is 9.80 Å². The summed E-state index contributed by atoms with van der Waals surface area (Å²) in [7, 11) is 0.